The molecule has 0 spiro atoms. The van der Waals surface area contributed by atoms with Crippen LogP contribution in [-0.4, -0.2) is 5.71 Å². The molecular formula is C18H25N. The number of rotatable bonds is 2. The van der Waals surface area contributed by atoms with Gasteiger partial charge in [-0.15, -0.1) is 0 Å². The summed E-state index contributed by atoms with van der Waals surface area (Å²) in [5.74, 6) is 0.847. The summed E-state index contributed by atoms with van der Waals surface area (Å²) in [6.45, 7) is 9.56. The van der Waals surface area contributed by atoms with Crippen molar-refractivity contribution in [2.45, 2.75) is 53.0 Å². The zero-order chi connectivity index (χ0) is 13.7. The molecule has 0 aromatic heterocycles. The average Bonchev–Trinajstić information content (AvgIpc) is 2.73. The van der Waals surface area contributed by atoms with Crippen LogP contribution in [0.2, 0.25) is 0 Å². The first kappa shape index (κ1) is 12.9. The van der Waals surface area contributed by atoms with Crippen molar-refractivity contribution >= 4 is 5.71 Å². The van der Waals surface area contributed by atoms with E-state index in [4.69, 9.17) is 4.99 Å². The first-order valence-electron chi connectivity index (χ1n) is 7.57. The van der Waals surface area contributed by atoms with Gasteiger partial charge in [0.25, 0.3) is 0 Å². The Morgan fingerprint density at radius 3 is 2.37 bits per heavy atom. The smallest absolute Gasteiger partial charge is 0.0720 e. The van der Waals surface area contributed by atoms with Gasteiger partial charge in [-0.3, -0.25) is 4.99 Å². The molecule has 0 aliphatic heterocycles. The number of aliphatic imine (C=N–C) groups is 1. The van der Waals surface area contributed by atoms with Crippen LogP contribution in [0.15, 0.2) is 35.3 Å². The van der Waals surface area contributed by atoms with Crippen LogP contribution in [0, 0.1) is 16.7 Å². The van der Waals surface area contributed by atoms with Gasteiger partial charge in [0, 0.05) is 11.1 Å². The quantitative estimate of drug-likeness (QED) is 0.702. The molecule has 1 aromatic rings. The SMILES string of the molecule is C[C@@H](N=C1C[C@H]2CC[C@]1(C)C2(C)C)c1ccccc1. The molecule has 0 N–H and O–H groups in total. The summed E-state index contributed by atoms with van der Waals surface area (Å²) in [6, 6.07) is 11.0. The Labute approximate surface area is 117 Å². The molecular weight excluding hydrogens is 230 g/mol. The third-order valence-electron chi connectivity index (χ3n) is 6.14. The molecule has 2 aliphatic carbocycles. The fourth-order valence-corrected chi connectivity index (χ4v) is 4.16. The molecule has 3 atom stereocenters. The van der Waals surface area contributed by atoms with E-state index in [0.717, 1.165) is 5.92 Å². The van der Waals surface area contributed by atoms with Crippen LogP contribution in [-0.2, 0) is 0 Å². The Morgan fingerprint density at radius 2 is 1.84 bits per heavy atom. The maximum Gasteiger partial charge on any atom is 0.0720 e. The predicted molar refractivity (Wildman–Crippen MR) is 81.5 cm³/mol. The number of benzene rings is 1. The predicted octanol–water partition coefficient (Wildman–Crippen LogP) is 5.03. The van der Waals surface area contributed by atoms with Crippen LogP contribution in [0.4, 0.5) is 0 Å². The highest BCUT2D eigenvalue weighted by atomic mass is 14.8. The van der Waals surface area contributed by atoms with Crippen molar-refractivity contribution in [3.63, 3.8) is 0 Å². The van der Waals surface area contributed by atoms with Crippen LogP contribution < -0.4 is 0 Å². The third kappa shape index (κ3) is 1.78. The third-order valence-corrected chi connectivity index (χ3v) is 6.14. The Bertz CT molecular complexity index is 500. The summed E-state index contributed by atoms with van der Waals surface area (Å²) in [6.07, 6.45) is 3.94. The summed E-state index contributed by atoms with van der Waals surface area (Å²) in [4.78, 5) is 5.11. The van der Waals surface area contributed by atoms with Crippen LogP contribution in [0.5, 0.6) is 0 Å². The molecule has 1 heteroatoms. The Balaban J connectivity index is 1.90. The standard InChI is InChI=1S/C18H25N/c1-13(14-8-6-5-7-9-14)19-16-12-15-10-11-18(16,4)17(15,2)3/h5-9,13,15H,10-12H2,1-4H3/t13-,15-,18+/m1/s1. The monoisotopic (exact) mass is 255 g/mol. The van der Waals surface area contributed by atoms with Gasteiger partial charge in [0.05, 0.1) is 6.04 Å². The number of nitrogens with zero attached hydrogens (tertiary/aromatic N) is 1. The van der Waals surface area contributed by atoms with Gasteiger partial charge < -0.3 is 0 Å². The van der Waals surface area contributed by atoms with Gasteiger partial charge >= 0.3 is 0 Å². The Kier molecular flexibility index (Phi) is 2.85. The Morgan fingerprint density at radius 1 is 1.16 bits per heavy atom. The van der Waals surface area contributed by atoms with Gasteiger partial charge in [0.2, 0.25) is 0 Å². The minimum absolute atomic E-state index is 0.295. The van der Waals surface area contributed by atoms with Crippen LogP contribution in [0.25, 0.3) is 0 Å². The van der Waals surface area contributed by atoms with E-state index in [2.05, 4.69) is 58.0 Å². The van der Waals surface area contributed by atoms with Crippen molar-refractivity contribution in [2.75, 3.05) is 0 Å². The molecule has 0 unspecified atom stereocenters. The van der Waals surface area contributed by atoms with Gasteiger partial charge in [-0.1, -0.05) is 51.1 Å². The molecule has 19 heavy (non-hydrogen) atoms. The lowest BCUT2D eigenvalue weighted by Gasteiger charge is -2.35. The number of hydrogen-bond donors (Lipinski definition) is 0. The topological polar surface area (TPSA) is 12.4 Å². The van der Waals surface area contributed by atoms with E-state index < -0.39 is 0 Å². The van der Waals surface area contributed by atoms with Crippen molar-refractivity contribution in [1.29, 1.82) is 0 Å². The van der Waals surface area contributed by atoms with Gasteiger partial charge in [0.15, 0.2) is 0 Å². The maximum absolute atomic E-state index is 5.11. The fourth-order valence-electron chi connectivity index (χ4n) is 4.16. The molecule has 1 nitrogen and oxygen atoms in total. The Hall–Kier alpha value is -1.11. The second-order valence-electron chi connectivity index (χ2n) is 7.16. The minimum Gasteiger partial charge on any atom is -0.286 e. The van der Waals surface area contributed by atoms with Crippen LogP contribution >= 0.6 is 0 Å². The lowest BCUT2D eigenvalue weighted by atomic mass is 9.70. The average molecular weight is 255 g/mol. The highest BCUT2D eigenvalue weighted by Gasteiger charge is 2.59. The summed E-state index contributed by atoms with van der Waals surface area (Å²) in [5, 5.41) is 0. The van der Waals surface area contributed by atoms with E-state index >= 15 is 0 Å². The van der Waals surface area contributed by atoms with Gasteiger partial charge in [-0.2, -0.15) is 0 Å². The molecule has 1 aromatic carbocycles. The molecule has 2 saturated carbocycles. The second kappa shape index (κ2) is 4.19. The van der Waals surface area contributed by atoms with Crippen molar-refractivity contribution in [3.05, 3.63) is 35.9 Å². The maximum atomic E-state index is 5.11. The number of fused-ring (bicyclic) bond motifs is 2. The van der Waals surface area contributed by atoms with Crippen molar-refractivity contribution in [2.24, 2.45) is 21.7 Å². The summed E-state index contributed by atoms with van der Waals surface area (Å²) in [7, 11) is 0. The molecule has 2 aliphatic rings. The molecule has 0 heterocycles. The van der Waals surface area contributed by atoms with E-state index in [1.54, 1.807) is 0 Å². The van der Waals surface area contributed by atoms with Crippen molar-refractivity contribution < 1.29 is 0 Å². The number of hydrogen-bond acceptors (Lipinski definition) is 1. The highest BCUT2D eigenvalue weighted by molar-refractivity contribution is 5.94. The lowest BCUT2D eigenvalue weighted by molar-refractivity contribution is 0.193. The second-order valence-corrected chi connectivity index (χ2v) is 7.16. The highest BCUT2D eigenvalue weighted by Crippen LogP contribution is 2.64. The summed E-state index contributed by atoms with van der Waals surface area (Å²) < 4.78 is 0. The van der Waals surface area contributed by atoms with Gasteiger partial charge in [-0.05, 0) is 43.1 Å². The van der Waals surface area contributed by atoms with Crippen LogP contribution in [0.3, 0.4) is 0 Å². The van der Waals surface area contributed by atoms with Crippen molar-refractivity contribution in [3.8, 4) is 0 Å². The zero-order valence-corrected chi connectivity index (χ0v) is 12.6. The summed E-state index contributed by atoms with van der Waals surface area (Å²) in [5.41, 5.74) is 3.58. The first-order chi connectivity index (χ1) is 8.95. The zero-order valence-electron chi connectivity index (χ0n) is 12.6. The minimum atomic E-state index is 0.295. The molecule has 0 amide bonds. The fraction of sp³-hybridized carbons (Fsp3) is 0.611. The summed E-state index contributed by atoms with van der Waals surface area (Å²) >= 11 is 0. The van der Waals surface area contributed by atoms with Crippen LogP contribution in [0.1, 0.15) is 58.6 Å². The van der Waals surface area contributed by atoms with E-state index in [1.807, 2.05) is 0 Å². The molecule has 0 saturated heterocycles. The van der Waals surface area contributed by atoms with E-state index in [-0.39, 0.29) is 0 Å². The molecule has 2 fully saturated rings. The molecule has 3 rings (SSSR count). The van der Waals surface area contributed by atoms with Gasteiger partial charge in [-0.25, -0.2) is 0 Å². The normalized spacial score (nSPS) is 35.8. The molecule has 102 valence electrons. The van der Waals surface area contributed by atoms with E-state index in [9.17, 15) is 0 Å². The van der Waals surface area contributed by atoms with Crippen molar-refractivity contribution in [1.82, 2.24) is 0 Å². The van der Waals surface area contributed by atoms with E-state index in [0.29, 0.717) is 16.9 Å². The largest absolute Gasteiger partial charge is 0.286 e. The van der Waals surface area contributed by atoms with Gasteiger partial charge in [0.1, 0.15) is 0 Å². The molecule has 0 radical (unpaired) electrons. The van der Waals surface area contributed by atoms with E-state index in [1.165, 1.54) is 30.5 Å². The lowest BCUT2D eigenvalue weighted by Crippen LogP contribution is -2.32. The molecule has 2 bridgehead atoms. The first-order valence-corrected chi connectivity index (χ1v) is 7.57.